The molecular weight excluding hydrogens is 240 g/mol. The third-order valence-corrected chi connectivity index (χ3v) is 4.05. The van der Waals surface area contributed by atoms with E-state index < -0.39 is 0 Å². The molecule has 2 aromatic rings. The highest BCUT2D eigenvalue weighted by Gasteiger charge is 2.05. The number of nitrogens with zero attached hydrogens (tertiary/aromatic N) is 1. The first-order valence-corrected chi connectivity index (χ1v) is 6.97. The van der Waals surface area contributed by atoms with Crippen LogP contribution in [-0.2, 0) is 13.1 Å². The molecule has 0 aliphatic carbocycles. The van der Waals surface area contributed by atoms with E-state index in [0.29, 0.717) is 6.54 Å². The maximum atomic E-state index is 5.64. The Morgan fingerprint density at radius 3 is 2.22 bits per heavy atom. The lowest BCUT2D eigenvalue weighted by atomic mass is 10.1. The summed E-state index contributed by atoms with van der Waals surface area (Å²) in [4.78, 5) is 4.89. The normalized spacial score (nSPS) is 10.7. The van der Waals surface area contributed by atoms with E-state index in [9.17, 15) is 0 Å². The molecule has 0 aliphatic heterocycles. The molecule has 1 aromatic heterocycles. The summed E-state index contributed by atoms with van der Waals surface area (Å²) in [6, 6.07) is 10.9. The van der Waals surface area contributed by atoms with E-state index in [2.05, 4.69) is 56.1 Å². The minimum absolute atomic E-state index is 0.637. The molecule has 2 nitrogen and oxygen atoms in total. The second kappa shape index (κ2) is 5.55. The molecule has 0 unspecified atom stereocenters. The summed E-state index contributed by atoms with van der Waals surface area (Å²) in [5.74, 6) is 0. The maximum Gasteiger partial charge on any atom is 0.0519 e. The number of thiophene rings is 1. The summed E-state index contributed by atoms with van der Waals surface area (Å²) in [6.07, 6.45) is 0. The van der Waals surface area contributed by atoms with Crippen LogP contribution in [0.4, 0.5) is 5.69 Å². The Balaban J connectivity index is 2.13. The zero-order valence-electron chi connectivity index (χ0n) is 11.2. The fourth-order valence-corrected chi connectivity index (χ4v) is 3.06. The van der Waals surface area contributed by atoms with Crippen LogP contribution in [0.1, 0.15) is 20.9 Å². The van der Waals surface area contributed by atoms with E-state index in [4.69, 9.17) is 5.73 Å². The van der Waals surface area contributed by atoms with Gasteiger partial charge in [-0.05, 0) is 49.2 Å². The Labute approximate surface area is 113 Å². The molecule has 0 spiro atoms. The van der Waals surface area contributed by atoms with Gasteiger partial charge in [-0.15, -0.1) is 11.3 Å². The monoisotopic (exact) mass is 260 g/mol. The van der Waals surface area contributed by atoms with Gasteiger partial charge in [0.25, 0.3) is 0 Å². The van der Waals surface area contributed by atoms with Crippen molar-refractivity contribution >= 4 is 17.0 Å². The quantitative estimate of drug-likeness (QED) is 0.912. The van der Waals surface area contributed by atoms with Crippen LogP contribution in [0.15, 0.2) is 30.3 Å². The van der Waals surface area contributed by atoms with Crippen LogP contribution in [0.25, 0.3) is 0 Å². The highest BCUT2D eigenvalue weighted by Crippen LogP contribution is 2.22. The zero-order chi connectivity index (χ0) is 13.1. The topological polar surface area (TPSA) is 29.3 Å². The van der Waals surface area contributed by atoms with E-state index in [0.717, 1.165) is 6.54 Å². The number of aryl methyl sites for hydroxylation is 2. The lowest BCUT2D eigenvalue weighted by Crippen LogP contribution is -2.15. The number of rotatable bonds is 4. The second-order valence-corrected chi connectivity index (χ2v) is 6.03. The fourth-order valence-electron chi connectivity index (χ4n) is 2.11. The van der Waals surface area contributed by atoms with Crippen molar-refractivity contribution in [2.75, 3.05) is 11.9 Å². The Bertz CT molecular complexity index is 511. The molecular formula is C15H20N2S. The zero-order valence-corrected chi connectivity index (χ0v) is 12.1. The highest BCUT2D eigenvalue weighted by atomic mass is 32.1. The minimum atomic E-state index is 0.637. The Morgan fingerprint density at radius 1 is 1.06 bits per heavy atom. The first-order valence-electron chi connectivity index (χ1n) is 6.15. The van der Waals surface area contributed by atoms with Gasteiger partial charge in [0.15, 0.2) is 0 Å². The van der Waals surface area contributed by atoms with E-state index in [-0.39, 0.29) is 0 Å². The van der Waals surface area contributed by atoms with Crippen molar-refractivity contribution in [1.82, 2.24) is 0 Å². The lowest BCUT2D eigenvalue weighted by molar-refractivity contribution is 0.938. The number of benzene rings is 1. The highest BCUT2D eigenvalue weighted by molar-refractivity contribution is 7.12. The molecule has 96 valence electrons. The van der Waals surface area contributed by atoms with Gasteiger partial charge in [0.1, 0.15) is 0 Å². The van der Waals surface area contributed by atoms with Crippen molar-refractivity contribution < 1.29 is 0 Å². The SMILES string of the molecule is Cc1cc(C)cc(N(C)Cc2ccc(CN)s2)c1. The van der Waals surface area contributed by atoms with Crippen LogP contribution < -0.4 is 10.6 Å². The third-order valence-electron chi connectivity index (χ3n) is 2.96. The van der Waals surface area contributed by atoms with Gasteiger partial charge in [-0.25, -0.2) is 0 Å². The van der Waals surface area contributed by atoms with Gasteiger partial charge in [0, 0.05) is 29.0 Å². The summed E-state index contributed by atoms with van der Waals surface area (Å²) in [6.45, 7) is 5.86. The second-order valence-electron chi connectivity index (χ2n) is 4.77. The predicted octanol–water partition coefficient (Wildman–Crippen LogP) is 3.46. The van der Waals surface area contributed by atoms with Crippen LogP contribution in [0.2, 0.25) is 0 Å². The van der Waals surface area contributed by atoms with Gasteiger partial charge in [-0.3, -0.25) is 0 Å². The molecule has 0 aliphatic rings. The average molecular weight is 260 g/mol. The summed E-state index contributed by atoms with van der Waals surface area (Å²) in [5, 5.41) is 0. The van der Waals surface area contributed by atoms with Gasteiger partial charge >= 0.3 is 0 Å². The van der Waals surface area contributed by atoms with Crippen molar-refractivity contribution in [3.63, 3.8) is 0 Å². The van der Waals surface area contributed by atoms with E-state index in [1.165, 1.54) is 26.6 Å². The minimum Gasteiger partial charge on any atom is -0.369 e. The number of hydrogen-bond donors (Lipinski definition) is 1. The Hall–Kier alpha value is -1.32. The van der Waals surface area contributed by atoms with Crippen molar-refractivity contribution in [1.29, 1.82) is 0 Å². The molecule has 1 aromatic carbocycles. The predicted molar refractivity (Wildman–Crippen MR) is 80.2 cm³/mol. The average Bonchev–Trinajstić information content (AvgIpc) is 2.75. The van der Waals surface area contributed by atoms with Crippen LogP contribution in [0.5, 0.6) is 0 Å². The van der Waals surface area contributed by atoms with Crippen LogP contribution >= 0.6 is 11.3 Å². The van der Waals surface area contributed by atoms with E-state index >= 15 is 0 Å². The molecule has 0 saturated heterocycles. The molecule has 0 bridgehead atoms. The van der Waals surface area contributed by atoms with Gasteiger partial charge in [0.2, 0.25) is 0 Å². The van der Waals surface area contributed by atoms with Crippen molar-refractivity contribution in [3.05, 3.63) is 51.2 Å². The lowest BCUT2D eigenvalue weighted by Gasteiger charge is -2.19. The summed E-state index contributed by atoms with van der Waals surface area (Å²) >= 11 is 1.80. The summed E-state index contributed by atoms with van der Waals surface area (Å²) in [5.41, 5.74) is 9.54. The number of hydrogen-bond acceptors (Lipinski definition) is 3. The molecule has 0 atom stereocenters. The molecule has 18 heavy (non-hydrogen) atoms. The van der Waals surface area contributed by atoms with Gasteiger partial charge in [-0.2, -0.15) is 0 Å². The summed E-state index contributed by atoms with van der Waals surface area (Å²) in [7, 11) is 2.13. The van der Waals surface area contributed by atoms with Crippen molar-refractivity contribution in [3.8, 4) is 0 Å². The van der Waals surface area contributed by atoms with Crippen molar-refractivity contribution in [2.45, 2.75) is 26.9 Å². The van der Waals surface area contributed by atoms with E-state index in [1.807, 2.05) is 0 Å². The summed E-state index contributed by atoms with van der Waals surface area (Å²) < 4.78 is 0. The molecule has 0 amide bonds. The smallest absolute Gasteiger partial charge is 0.0519 e. The number of anilines is 1. The van der Waals surface area contributed by atoms with Gasteiger partial charge in [0.05, 0.1) is 6.54 Å². The van der Waals surface area contributed by atoms with Crippen molar-refractivity contribution in [2.24, 2.45) is 5.73 Å². The molecule has 0 radical (unpaired) electrons. The van der Waals surface area contributed by atoms with Crippen LogP contribution in [0.3, 0.4) is 0 Å². The molecule has 2 N–H and O–H groups in total. The number of nitrogens with two attached hydrogens (primary N) is 1. The van der Waals surface area contributed by atoms with Gasteiger partial charge < -0.3 is 10.6 Å². The van der Waals surface area contributed by atoms with E-state index in [1.54, 1.807) is 11.3 Å². The molecule has 1 heterocycles. The standard InChI is InChI=1S/C15H20N2S/c1-11-6-12(2)8-13(7-11)17(3)10-15-5-4-14(9-16)18-15/h4-8H,9-10,16H2,1-3H3. The molecule has 0 saturated carbocycles. The Kier molecular flexibility index (Phi) is 4.04. The Morgan fingerprint density at radius 2 is 1.67 bits per heavy atom. The third kappa shape index (κ3) is 3.12. The molecule has 0 fully saturated rings. The largest absolute Gasteiger partial charge is 0.369 e. The fraction of sp³-hybridized carbons (Fsp3) is 0.333. The first kappa shape index (κ1) is 13.1. The maximum absolute atomic E-state index is 5.64. The molecule has 2 rings (SSSR count). The van der Waals surface area contributed by atoms with Gasteiger partial charge in [-0.1, -0.05) is 6.07 Å². The first-order chi connectivity index (χ1) is 8.58. The molecule has 3 heteroatoms. The van der Waals surface area contributed by atoms with Crippen LogP contribution in [0, 0.1) is 13.8 Å². The van der Waals surface area contributed by atoms with Crippen LogP contribution in [-0.4, -0.2) is 7.05 Å².